The van der Waals surface area contributed by atoms with Gasteiger partial charge in [-0.1, -0.05) is 18.3 Å². The van der Waals surface area contributed by atoms with Crippen LogP contribution in [-0.2, 0) is 6.54 Å². The summed E-state index contributed by atoms with van der Waals surface area (Å²) in [5.74, 6) is 1.69. The Morgan fingerprint density at radius 2 is 2.30 bits per heavy atom. The zero-order valence-corrected chi connectivity index (χ0v) is 11.7. The van der Waals surface area contributed by atoms with Crippen LogP contribution in [0.4, 0.5) is 0 Å². The summed E-state index contributed by atoms with van der Waals surface area (Å²) in [6.07, 6.45) is 3.73. The maximum Gasteiger partial charge on any atom is 0.288 e. The molecule has 2 rings (SSSR count). The summed E-state index contributed by atoms with van der Waals surface area (Å²) >= 11 is 0. The van der Waals surface area contributed by atoms with Gasteiger partial charge < -0.3 is 10.1 Å². The number of piperidine rings is 1. The zero-order valence-electron chi connectivity index (χ0n) is 11.7. The van der Waals surface area contributed by atoms with Crippen molar-refractivity contribution < 1.29 is 4.74 Å². The van der Waals surface area contributed by atoms with Gasteiger partial charge in [-0.05, 0) is 62.9 Å². The summed E-state index contributed by atoms with van der Waals surface area (Å²) in [4.78, 5) is 3.70. The van der Waals surface area contributed by atoms with E-state index in [9.17, 15) is 0 Å². The average Bonchev–Trinajstić information content (AvgIpc) is 2.44. The Kier molecular flexibility index (Phi) is 7.11. The molecule has 0 aliphatic carbocycles. The van der Waals surface area contributed by atoms with E-state index < -0.39 is 0 Å². The molecule has 0 spiro atoms. The van der Waals surface area contributed by atoms with Crippen LogP contribution in [0.25, 0.3) is 4.85 Å². The second-order valence-corrected chi connectivity index (χ2v) is 5.28. The van der Waals surface area contributed by atoms with Crippen LogP contribution in [0, 0.1) is 19.4 Å². The number of aryl methyl sites for hydroxylation is 1. The van der Waals surface area contributed by atoms with Gasteiger partial charge in [0, 0.05) is 5.56 Å². The Labute approximate surface area is 123 Å². The standard InChI is InChI=1S/C16H23N2O.CH4/c1-13-5-6-16(10-15(13)12-17-2)19-9-7-14-4-3-8-18-11-14;/h2,5-6,10,14,18H,3-4,7-9,11-12H2,1H3;1H4/q+1;. The highest BCUT2D eigenvalue weighted by molar-refractivity contribution is 5.35. The predicted octanol–water partition coefficient (Wildman–Crippen LogP) is 3.86. The fourth-order valence-corrected chi connectivity index (χ4v) is 2.52. The molecule has 0 bridgehead atoms. The summed E-state index contributed by atoms with van der Waals surface area (Å²) in [6, 6.07) is 6.14. The monoisotopic (exact) mass is 275 g/mol. The van der Waals surface area contributed by atoms with Gasteiger partial charge in [-0.2, -0.15) is 0 Å². The van der Waals surface area contributed by atoms with Gasteiger partial charge in [0.05, 0.1) is 6.61 Å². The summed E-state index contributed by atoms with van der Waals surface area (Å²) < 4.78 is 5.84. The van der Waals surface area contributed by atoms with Gasteiger partial charge in [0.2, 0.25) is 0 Å². The number of hydrogen-bond donors (Lipinski definition) is 1. The van der Waals surface area contributed by atoms with Crippen molar-refractivity contribution >= 4 is 0 Å². The second kappa shape index (κ2) is 8.60. The van der Waals surface area contributed by atoms with Crippen molar-refractivity contribution in [2.75, 3.05) is 19.7 Å². The van der Waals surface area contributed by atoms with E-state index in [-0.39, 0.29) is 7.43 Å². The molecule has 0 radical (unpaired) electrons. The first kappa shape index (κ1) is 16.5. The SMILES string of the molecule is C.C#[N+]Cc1cc(OCCC2CCCNC2)ccc1C. The fraction of sp³-hybridized carbons (Fsp3) is 0.588. The highest BCUT2D eigenvalue weighted by atomic mass is 16.5. The molecule has 1 heterocycles. The molecular weight excluding hydrogens is 248 g/mol. The van der Waals surface area contributed by atoms with Gasteiger partial charge in [0.15, 0.2) is 0 Å². The quantitative estimate of drug-likeness (QED) is 0.883. The number of nitrogens with one attached hydrogen (secondary N) is 1. The molecule has 3 nitrogen and oxygen atoms in total. The first-order valence-corrected chi connectivity index (χ1v) is 7.09. The molecule has 0 saturated carbocycles. The minimum Gasteiger partial charge on any atom is -0.494 e. The number of benzene rings is 1. The maximum absolute atomic E-state index is 5.84. The predicted molar refractivity (Wildman–Crippen MR) is 85.6 cm³/mol. The number of nitrogens with zero attached hydrogens (tertiary/aromatic N) is 1. The maximum atomic E-state index is 5.84. The number of ether oxygens (including phenoxy) is 1. The van der Waals surface area contributed by atoms with E-state index in [0.717, 1.165) is 36.8 Å². The fourth-order valence-electron chi connectivity index (χ4n) is 2.52. The number of hydrogen-bond acceptors (Lipinski definition) is 2. The summed E-state index contributed by atoms with van der Waals surface area (Å²) in [5.41, 5.74) is 2.34. The van der Waals surface area contributed by atoms with Gasteiger partial charge in [-0.3, -0.25) is 0 Å². The molecule has 3 heteroatoms. The van der Waals surface area contributed by atoms with Crippen LogP contribution in [0.3, 0.4) is 0 Å². The largest absolute Gasteiger partial charge is 0.494 e. The van der Waals surface area contributed by atoms with E-state index >= 15 is 0 Å². The third kappa shape index (κ3) is 4.86. The molecule has 1 aliphatic rings. The normalized spacial score (nSPS) is 17.9. The van der Waals surface area contributed by atoms with Gasteiger partial charge in [0.1, 0.15) is 5.75 Å². The highest BCUT2D eigenvalue weighted by Gasteiger charge is 2.13. The van der Waals surface area contributed by atoms with Gasteiger partial charge in [0.25, 0.3) is 13.1 Å². The summed E-state index contributed by atoms with van der Waals surface area (Å²) in [7, 11) is 0. The molecule has 1 fully saturated rings. The molecule has 1 aliphatic heterocycles. The van der Waals surface area contributed by atoms with Crippen molar-refractivity contribution in [2.24, 2.45) is 5.92 Å². The van der Waals surface area contributed by atoms with Crippen molar-refractivity contribution in [3.8, 4) is 12.3 Å². The lowest BCUT2D eigenvalue weighted by Gasteiger charge is -2.22. The van der Waals surface area contributed by atoms with Gasteiger partial charge in [-0.15, -0.1) is 0 Å². The van der Waals surface area contributed by atoms with Crippen LogP contribution in [0.1, 0.15) is 37.8 Å². The highest BCUT2D eigenvalue weighted by Crippen LogP contribution is 2.20. The van der Waals surface area contributed by atoms with Crippen LogP contribution in [0.15, 0.2) is 18.2 Å². The molecular formula is C17H27N2O+. The molecule has 1 aromatic carbocycles. The summed E-state index contributed by atoms with van der Waals surface area (Å²) in [6.45, 7) is 11.0. The Morgan fingerprint density at radius 3 is 3.00 bits per heavy atom. The van der Waals surface area contributed by atoms with Crippen LogP contribution >= 0.6 is 0 Å². The smallest absolute Gasteiger partial charge is 0.288 e. The van der Waals surface area contributed by atoms with Crippen molar-refractivity contribution in [1.82, 2.24) is 5.32 Å². The van der Waals surface area contributed by atoms with Crippen molar-refractivity contribution in [2.45, 2.75) is 40.2 Å². The van der Waals surface area contributed by atoms with Crippen LogP contribution in [-0.4, -0.2) is 19.7 Å². The molecule has 110 valence electrons. The number of rotatable bonds is 5. The molecule has 1 aromatic rings. The second-order valence-electron chi connectivity index (χ2n) is 5.28. The summed E-state index contributed by atoms with van der Waals surface area (Å²) in [5, 5.41) is 3.43. The Bertz CT molecular complexity index is 445. The van der Waals surface area contributed by atoms with Crippen molar-refractivity contribution in [3.63, 3.8) is 0 Å². The first-order chi connectivity index (χ1) is 9.29. The first-order valence-electron chi connectivity index (χ1n) is 7.09. The molecule has 1 unspecified atom stereocenters. The van der Waals surface area contributed by atoms with Crippen LogP contribution in [0.2, 0.25) is 0 Å². The lowest BCUT2D eigenvalue weighted by molar-refractivity contribution is 0.254. The van der Waals surface area contributed by atoms with E-state index in [2.05, 4.69) is 23.2 Å². The lowest BCUT2D eigenvalue weighted by Crippen LogP contribution is -2.30. The minimum atomic E-state index is 0. The van der Waals surface area contributed by atoms with E-state index in [1.807, 2.05) is 12.1 Å². The minimum absolute atomic E-state index is 0. The zero-order chi connectivity index (χ0) is 13.5. The average molecular weight is 275 g/mol. The van der Waals surface area contributed by atoms with E-state index in [1.54, 1.807) is 0 Å². The Hall–Kier alpha value is -1.53. The van der Waals surface area contributed by atoms with E-state index in [1.165, 1.54) is 24.9 Å². The lowest BCUT2D eigenvalue weighted by atomic mass is 9.97. The van der Waals surface area contributed by atoms with Crippen LogP contribution < -0.4 is 10.1 Å². The third-order valence-electron chi connectivity index (χ3n) is 3.78. The molecule has 1 N–H and O–H groups in total. The van der Waals surface area contributed by atoms with Crippen molar-refractivity contribution in [1.29, 1.82) is 0 Å². The molecule has 1 saturated heterocycles. The Morgan fingerprint density at radius 1 is 1.45 bits per heavy atom. The van der Waals surface area contributed by atoms with Crippen LogP contribution in [0.5, 0.6) is 5.75 Å². The third-order valence-corrected chi connectivity index (χ3v) is 3.78. The topological polar surface area (TPSA) is 25.6 Å². The van der Waals surface area contributed by atoms with E-state index in [0.29, 0.717) is 6.54 Å². The molecule has 1 atom stereocenters. The van der Waals surface area contributed by atoms with E-state index in [4.69, 9.17) is 11.3 Å². The van der Waals surface area contributed by atoms with Crippen molar-refractivity contribution in [3.05, 3.63) is 34.2 Å². The molecule has 0 amide bonds. The van der Waals surface area contributed by atoms with Gasteiger partial charge >= 0.3 is 0 Å². The molecule has 0 aromatic heterocycles. The van der Waals surface area contributed by atoms with Gasteiger partial charge in [-0.25, -0.2) is 0 Å². The Balaban J connectivity index is 0.00000200. The molecule has 20 heavy (non-hydrogen) atoms.